The van der Waals surface area contributed by atoms with Gasteiger partial charge in [-0.15, -0.1) is 0 Å². The van der Waals surface area contributed by atoms with Gasteiger partial charge in [0.15, 0.2) is 0 Å². The standard InChI is InChI=1S/C13H24N2O4/c1-9(16)11(17)15-7-5-6-10(8-15)14-12(18)19-13(2,3)4/h9-10,16H,5-8H2,1-4H3,(H,14,18)/t9-,10+/m0/s1. The molecule has 19 heavy (non-hydrogen) atoms. The molecule has 1 rings (SSSR count). The molecule has 2 N–H and O–H groups in total. The zero-order chi connectivity index (χ0) is 14.6. The molecule has 6 heteroatoms. The number of aliphatic hydroxyl groups is 1. The minimum absolute atomic E-state index is 0.119. The molecule has 0 spiro atoms. The largest absolute Gasteiger partial charge is 0.444 e. The lowest BCUT2D eigenvalue weighted by Crippen LogP contribution is -2.52. The summed E-state index contributed by atoms with van der Waals surface area (Å²) in [5, 5.41) is 12.1. The van der Waals surface area contributed by atoms with Crippen molar-refractivity contribution in [2.45, 2.75) is 58.3 Å². The van der Waals surface area contributed by atoms with E-state index in [4.69, 9.17) is 4.74 Å². The first-order valence-corrected chi connectivity index (χ1v) is 6.65. The third kappa shape index (κ3) is 5.46. The topological polar surface area (TPSA) is 78.9 Å². The van der Waals surface area contributed by atoms with Crippen molar-refractivity contribution < 1.29 is 19.4 Å². The van der Waals surface area contributed by atoms with E-state index in [1.54, 1.807) is 25.7 Å². The minimum Gasteiger partial charge on any atom is -0.444 e. The number of hydrogen-bond donors (Lipinski definition) is 2. The molecule has 1 heterocycles. The van der Waals surface area contributed by atoms with Crippen molar-refractivity contribution in [3.05, 3.63) is 0 Å². The minimum atomic E-state index is -1.000. The Labute approximate surface area is 114 Å². The number of nitrogens with zero attached hydrogens (tertiary/aromatic N) is 1. The van der Waals surface area contributed by atoms with Gasteiger partial charge >= 0.3 is 6.09 Å². The molecule has 110 valence electrons. The molecule has 6 nitrogen and oxygen atoms in total. The van der Waals surface area contributed by atoms with Crippen LogP contribution in [0.1, 0.15) is 40.5 Å². The van der Waals surface area contributed by atoms with Crippen molar-refractivity contribution in [1.82, 2.24) is 10.2 Å². The summed E-state index contributed by atoms with van der Waals surface area (Å²) in [5.41, 5.74) is -0.534. The van der Waals surface area contributed by atoms with E-state index in [0.717, 1.165) is 12.8 Å². The van der Waals surface area contributed by atoms with Gasteiger partial charge in [-0.2, -0.15) is 0 Å². The zero-order valence-electron chi connectivity index (χ0n) is 12.1. The van der Waals surface area contributed by atoms with E-state index >= 15 is 0 Å². The van der Waals surface area contributed by atoms with Crippen molar-refractivity contribution in [2.24, 2.45) is 0 Å². The molecule has 0 aromatic carbocycles. The number of nitrogens with one attached hydrogen (secondary N) is 1. The number of alkyl carbamates (subject to hydrolysis) is 1. The lowest BCUT2D eigenvalue weighted by atomic mass is 10.1. The highest BCUT2D eigenvalue weighted by atomic mass is 16.6. The average molecular weight is 272 g/mol. The smallest absolute Gasteiger partial charge is 0.407 e. The van der Waals surface area contributed by atoms with Crippen LogP contribution in [0.3, 0.4) is 0 Å². The maximum atomic E-state index is 11.7. The van der Waals surface area contributed by atoms with Gasteiger partial charge in [0.2, 0.25) is 0 Å². The molecule has 0 aromatic rings. The SMILES string of the molecule is C[C@H](O)C(=O)N1CCC[C@@H](NC(=O)OC(C)(C)C)C1. The van der Waals surface area contributed by atoms with Gasteiger partial charge in [0, 0.05) is 19.1 Å². The highest BCUT2D eigenvalue weighted by molar-refractivity contribution is 5.80. The normalized spacial score (nSPS) is 21.7. The van der Waals surface area contributed by atoms with Crippen molar-refractivity contribution in [1.29, 1.82) is 0 Å². The molecular weight excluding hydrogens is 248 g/mol. The Morgan fingerprint density at radius 3 is 2.58 bits per heavy atom. The Bertz CT molecular complexity index is 336. The van der Waals surface area contributed by atoms with Gasteiger partial charge in [-0.3, -0.25) is 4.79 Å². The molecule has 1 saturated heterocycles. The fourth-order valence-electron chi connectivity index (χ4n) is 2.03. The molecule has 2 atom stereocenters. The van der Waals surface area contributed by atoms with Crippen LogP contribution in [-0.2, 0) is 9.53 Å². The van der Waals surface area contributed by atoms with Crippen LogP contribution in [0.5, 0.6) is 0 Å². The second-order valence-electron chi connectivity index (χ2n) is 5.95. The zero-order valence-corrected chi connectivity index (χ0v) is 12.1. The van der Waals surface area contributed by atoms with Gasteiger partial charge in [-0.1, -0.05) is 0 Å². The molecule has 2 amide bonds. The number of carbonyl (C=O) groups is 2. The number of carbonyl (C=O) groups excluding carboxylic acids is 2. The third-order valence-electron chi connectivity index (χ3n) is 2.81. The second-order valence-corrected chi connectivity index (χ2v) is 5.95. The van der Waals surface area contributed by atoms with Gasteiger partial charge in [-0.05, 0) is 40.5 Å². The van der Waals surface area contributed by atoms with Crippen LogP contribution in [0.25, 0.3) is 0 Å². The van der Waals surface area contributed by atoms with E-state index in [0.29, 0.717) is 13.1 Å². The molecule has 1 aliphatic heterocycles. The number of rotatable bonds is 2. The predicted octanol–water partition coefficient (Wildman–Crippen LogP) is 0.883. The summed E-state index contributed by atoms with van der Waals surface area (Å²) in [5.74, 6) is -0.296. The first-order chi connectivity index (χ1) is 8.69. The fourth-order valence-corrected chi connectivity index (χ4v) is 2.03. The lowest BCUT2D eigenvalue weighted by Gasteiger charge is -2.34. The highest BCUT2D eigenvalue weighted by Gasteiger charge is 2.27. The number of ether oxygens (including phenoxy) is 1. The van der Waals surface area contributed by atoms with Crippen molar-refractivity contribution in [2.75, 3.05) is 13.1 Å². The van der Waals surface area contributed by atoms with Crippen molar-refractivity contribution in [3.8, 4) is 0 Å². The van der Waals surface area contributed by atoms with Crippen LogP contribution in [-0.4, -0.2) is 52.8 Å². The van der Waals surface area contributed by atoms with Gasteiger partial charge in [0.25, 0.3) is 5.91 Å². The third-order valence-corrected chi connectivity index (χ3v) is 2.81. The maximum absolute atomic E-state index is 11.7. The highest BCUT2D eigenvalue weighted by Crippen LogP contribution is 2.13. The first-order valence-electron chi connectivity index (χ1n) is 6.65. The molecular formula is C13H24N2O4. The van der Waals surface area contributed by atoms with E-state index in [1.165, 1.54) is 6.92 Å². The molecule has 1 fully saturated rings. The van der Waals surface area contributed by atoms with Crippen LogP contribution in [0.4, 0.5) is 4.79 Å². The Balaban J connectivity index is 2.47. The van der Waals surface area contributed by atoms with E-state index in [2.05, 4.69) is 5.32 Å². The van der Waals surface area contributed by atoms with Gasteiger partial charge in [0.1, 0.15) is 11.7 Å². The summed E-state index contributed by atoms with van der Waals surface area (Å²) < 4.78 is 5.18. The molecule has 0 aliphatic carbocycles. The average Bonchev–Trinajstić information content (AvgIpc) is 2.25. The van der Waals surface area contributed by atoms with Crippen molar-refractivity contribution in [3.63, 3.8) is 0 Å². The van der Waals surface area contributed by atoms with Gasteiger partial charge in [-0.25, -0.2) is 4.79 Å². The van der Waals surface area contributed by atoms with Crippen molar-refractivity contribution >= 4 is 12.0 Å². The van der Waals surface area contributed by atoms with Crippen LogP contribution < -0.4 is 5.32 Å². The van der Waals surface area contributed by atoms with Crippen LogP contribution in [0, 0.1) is 0 Å². The Morgan fingerprint density at radius 1 is 1.42 bits per heavy atom. The molecule has 0 aromatic heterocycles. The van der Waals surface area contributed by atoms with Gasteiger partial charge < -0.3 is 20.1 Å². The van der Waals surface area contributed by atoms with Crippen LogP contribution in [0.15, 0.2) is 0 Å². The van der Waals surface area contributed by atoms with E-state index in [-0.39, 0.29) is 11.9 Å². The maximum Gasteiger partial charge on any atom is 0.407 e. The first kappa shape index (κ1) is 15.8. The number of likely N-dealkylation sites (tertiary alicyclic amines) is 1. The number of amides is 2. The van der Waals surface area contributed by atoms with Crippen LogP contribution >= 0.6 is 0 Å². The Kier molecular flexibility index (Phi) is 5.17. The van der Waals surface area contributed by atoms with Crippen LogP contribution in [0.2, 0.25) is 0 Å². The Hall–Kier alpha value is -1.30. The summed E-state index contributed by atoms with van der Waals surface area (Å²) in [4.78, 5) is 24.9. The predicted molar refractivity (Wildman–Crippen MR) is 70.7 cm³/mol. The lowest BCUT2D eigenvalue weighted by molar-refractivity contribution is -0.140. The summed E-state index contributed by atoms with van der Waals surface area (Å²) >= 11 is 0. The van der Waals surface area contributed by atoms with E-state index < -0.39 is 17.8 Å². The molecule has 0 radical (unpaired) electrons. The van der Waals surface area contributed by atoms with Gasteiger partial charge in [0.05, 0.1) is 0 Å². The molecule has 0 bridgehead atoms. The quantitative estimate of drug-likeness (QED) is 0.782. The number of piperidine rings is 1. The molecule has 0 saturated carbocycles. The summed E-state index contributed by atoms with van der Waals surface area (Å²) in [6.07, 6.45) is 0.144. The second kappa shape index (κ2) is 6.23. The van der Waals surface area contributed by atoms with E-state index in [9.17, 15) is 14.7 Å². The molecule has 0 unspecified atom stereocenters. The molecule has 1 aliphatic rings. The van der Waals surface area contributed by atoms with E-state index in [1.807, 2.05) is 0 Å². The monoisotopic (exact) mass is 272 g/mol. The fraction of sp³-hybridized carbons (Fsp3) is 0.846. The number of hydrogen-bond acceptors (Lipinski definition) is 4. The summed E-state index contributed by atoms with van der Waals surface area (Å²) in [6.45, 7) is 7.90. The Morgan fingerprint density at radius 2 is 2.05 bits per heavy atom. The summed E-state index contributed by atoms with van der Waals surface area (Å²) in [6, 6.07) is -0.119. The summed E-state index contributed by atoms with van der Waals surface area (Å²) in [7, 11) is 0. The number of aliphatic hydroxyl groups excluding tert-OH is 1.